The number of hydrogen-bond donors (Lipinski definition) is 8. The highest BCUT2D eigenvalue weighted by Gasteiger charge is 2.47. The van der Waals surface area contributed by atoms with Gasteiger partial charge in [-0.1, -0.05) is 0 Å². The Labute approximate surface area is 135 Å². The lowest BCUT2D eigenvalue weighted by atomic mass is 9.98. The lowest BCUT2D eigenvalue weighted by Crippen LogP contribution is -2.61. The Balaban J connectivity index is 2.96. The van der Waals surface area contributed by atoms with Crippen molar-refractivity contribution in [3.8, 4) is 0 Å². The molecule has 0 aromatic carbocycles. The highest BCUT2D eigenvalue weighted by atomic mass is 16.7. The molecule has 1 rings (SSSR count). The van der Waals surface area contributed by atoms with E-state index < -0.39 is 67.7 Å². The highest BCUT2D eigenvalue weighted by Crippen LogP contribution is 2.24. The Morgan fingerprint density at radius 1 is 1.12 bits per heavy atom. The summed E-state index contributed by atoms with van der Waals surface area (Å²) in [4.78, 5) is 21.5. The Morgan fingerprint density at radius 2 is 1.71 bits per heavy atom. The SMILES string of the molecule is O=C[C@H]1O[C@@H](O[C@@H]([C@H](O)[C@@H](O)C(=O)O)[C@H](O)CO)[C@H](O)[C@@H](O)[C@H]1O. The summed E-state index contributed by atoms with van der Waals surface area (Å²) in [5.41, 5.74) is 0. The maximum Gasteiger partial charge on any atom is 0.335 e. The summed E-state index contributed by atoms with van der Waals surface area (Å²) in [5, 5.41) is 75.2. The molecule has 0 saturated carbocycles. The van der Waals surface area contributed by atoms with Crippen LogP contribution in [0.2, 0.25) is 0 Å². The van der Waals surface area contributed by atoms with Gasteiger partial charge in [-0.15, -0.1) is 0 Å². The van der Waals surface area contributed by atoms with E-state index in [0.29, 0.717) is 0 Å². The monoisotopic (exact) mass is 356 g/mol. The molecule has 0 aliphatic carbocycles. The number of aliphatic hydroxyl groups excluding tert-OH is 7. The van der Waals surface area contributed by atoms with Gasteiger partial charge >= 0.3 is 5.97 Å². The first-order valence-electron chi connectivity index (χ1n) is 6.84. The highest BCUT2D eigenvalue weighted by molar-refractivity contribution is 5.72. The van der Waals surface area contributed by atoms with Crippen LogP contribution >= 0.6 is 0 Å². The minimum Gasteiger partial charge on any atom is -0.479 e. The van der Waals surface area contributed by atoms with Gasteiger partial charge in [-0.05, 0) is 0 Å². The van der Waals surface area contributed by atoms with E-state index in [1.807, 2.05) is 0 Å². The van der Waals surface area contributed by atoms with Crippen LogP contribution in [0.4, 0.5) is 0 Å². The van der Waals surface area contributed by atoms with Crippen molar-refractivity contribution in [1.82, 2.24) is 0 Å². The summed E-state index contributed by atoms with van der Waals surface area (Å²) in [6.07, 6.45) is -17.5. The average Bonchev–Trinajstić information content (AvgIpc) is 2.57. The van der Waals surface area contributed by atoms with Crippen molar-refractivity contribution in [1.29, 1.82) is 0 Å². The molecule has 0 amide bonds. The van der Waals surface area contributed by atoms with E-state index in [2.05, 4.69) is 0 Å². The smallest absolute Gasteiger partial charge is 0.335 e. The first-order valence-corrected chi connectivity index (χ1v) is 6.84. The van der Waals surface area contributed by atoms with Gasteiger partial charge in [-0.25, -0.2) is 4.79 Å². The van der Waals surface area contributed by atoms with Crippen LogP contribution in [0.1, 0.15) is 0 Å². The molecule has 1 heterocycles. The van der Waals surface area contributed by atoms with Gasteiger partial charge in [0.1, 0.15) is 42.7 Å². The molecule has 0 unspecified atom stereocenters. The lowest BCUT2D eigenvalue weighted by molar-refractivity contribution is -0.316. The van der Waals surface area contributed by atoms with E-state index in [-0.39, 0.29) is 6.29 Å². The van der Waals surface area contributed by atoms with Crippen molar-refractivity contribution in [2.24, 2.45) is 0 Å². The largest absolute Gasteiger partial charge is 0.479 e. The molecule has 0 radical (unpaired) electrons. The van der Waals surface area contributed by atoms with Gasteiger partial charge in [-0.3, -0.25) is 0 Å². The molecule has 0 spiro atoms. The first kappa shape index (κ1) is 20.8. The van der Waals surface area contributed by atoms with Crippen molar-refractivity contribution in [3.63, 3.8) is 0 Å². The minimum absolute atomic E-state index is 0.107. The van der Waals surface area contributed by atoms with Crippen LogP contribution in [0.25, 0.3) is 0 Å². The van der Waals surface area contributed by atoms with Crippen LogP contribution in [0.5, 0.6) is 0 Å². The molecule has 12 heteroatoms. The van der Waals surface area contributed by atoms with Gasteiger partial charge in [0, 0.05) is 0 Å². The van der Waals surface area contributed by atoms with Gasteiger partial charge < -0.3 is 55.1 Å². The third-order valence-corrected chi connectivity index (χ3v) is 3.51. The summed E-state index contributed by atoms with van der Waals surface area (Å²) in [6, 6.07) is 0. The fourth-order valence-electron chi connectivity index (χ4n) is 2.08. The maximum atomic E-state index is 10.8. The van der Waals surface area contributed by atoms with Gasteiger partial charge in [0.2, 0.25) is 0 Å². The summed E-state index contributed by atoms with van der Waals surface area (Å²) in [6.45, 7) is -1.01. The summed E-state index contributed by atoms with van der Waals surface area (Å²) < 4.78 is 9.82. The molecule has 0 aromatic rings. The van der Waals surface area contributed by atoms with Gasteiger partial charge in [0.25, 0.3) is 0 Å². The maximum absolute atomic E-state index is 10.8. The minimum atomic E-state index is -2.41. The van der Waals surface area contributed by atoms with Crippen LogP contribution in [0.15, 0.2) is 0 Å². The number of carboxylic acid groups (broad SMARTS) is 1. The number of ether oxygens (including phenoxy) is 2. The number of aliphatic carboxylic acids is 1. The summed E-state index contributed by atoms with van der Waals surface area (Å²) in [7, 11) is 0. The van der Waals surface area contributed by atoms with Crippen LogP contribution in [0, 0.1) is 0 Å². The van der Waals surface area contributed by atoms with Crippen LogP contribution in [-0.4, -0.2) is 115 Å². The van der Waals surface area contributed by atoms with E-state index in [0.717, 1.165) is 0 Å². The molecular formula is C12H20O12. The van der Waals surface area contributed by atoms with Crippen LogP contribution in [0.3, 0.4) is 0 Å². The zero-order valence-corrected chi connectivity index (χ0v) is 12.2. The third-order valence-electron chi connectivity index (χ3n) is 3.51. The van der Waals surface area contributed by atoms with Gasteiger partial charge in [-0.2, -0.15) is 0 Å². The molecule has 1 aliphatic rings. The number of carbonyl (C=O) groups is 2. The number of aliphatic hydroxyl groups is 7. The molecular weight excluding hydrogens is 336 g/mol. The Hall–Kier alpha value is -1.22. The number of hydrogen-bond acceptors (Lipinski definition) is 11. The van der Waals surface area contributed by atoms with Crippen molar-refractivity contribution >= 4 is 12.3 Å². The predicted octanol–water partition coefficient (Wildman–Crippen LogP) is -5.46. The van der Waals surface area contributed by atoms with E-state index in [1.54, 1.807) is 0 Å². The molecule has 1 fully saturated rings. The molecule has 0 aromatic heterocycles. The van der Waals surface area contributed by atoms with Crippen molar-refractivity contribution in [3.05, 3.63) is 0 Å². The second kappa shape index (κ2) is 8.75. The first-order chi connectivity index (χ1) is 11.1. The molecule has 12 nitrogen and oxygen atoms in total. The third kappa shape index (κ3) is 4.44. The molecule has 1 saturated heterocycles. The molecule has 24 heavy (non-hydrogen) atoms. The predicted molar refractivity (Wildman–Crippen MR) is 70.4 cm³/mol. The Kier molecular flexibility index (Phi) is 7.59. The molecule has 8 N–H and O–H groups in total. The zero-order valence-electron chi connectivity index (χ0n) is 12.2. The zero-order chi connectivity index (χ0) is 18.6. The van der Waals surface area contributed by atoms with Gasteiger partial charge in [0.15, 0.2) is 18.7 Å². The van der Waals surface area contributed by atoms with Gasteiger partial charge in [0.05, 0.1) is 6.61 Å². The Morgan fingerprint density at radius 3 is 2.17 bits per heavy atom. The lowest BCUT2D eigenvalue weighted by Gasteiger charge is -2.41. The van der Waals surface area contributed by atoms with E-state index in [9.17, 15) is 40.2 Å². The van der Waals surface area contributed by atoms with Crippen molar-refractivity contribution < 1.29 is 59.9 Å². The molecule has 0 bridgehead atoms. The van der Waals surface area contributed by atoms with Crippen molar-refractivity contribution in [2.75, 3.05) is 6.61 Å². The second-order valence-corrected chi connectivity index (χ2v) is 5.20. The van der Waals surface area contributed by atoms with Crippen LogP contribution in [-0.2, 0) is 19.1 Å². The summed E-state index contributed by atoms with van der Waals surface area (Å²) >= 11 is 0. The second-order valence-electron chi connectivity index (χ2n) is 5.20. The molecule has 1 aliphatic heterocycles. The number of aldehydes is 1. The fraction of sp³-hybridized carbons (Fsp3) is 0.833. The number of carboxylic acids is 1. The molecule has 140 valence electrons. The normalized spacial score (nSPS) is 35.7. The molecule has 9 atom stereocenters. The average molecular weight is 356 g/mol. The van der Waals surface area contributed by atoms with E-state index >= 15 is 0 Å². The standard InChI is InChI=1S/C12H20O12/c13-1-3(15)10(7(18)8(19)11(21)22)24-12-9(20)6(17)5(16)4(2-14)23-12/h2-10,12-13,15-20H,1H2,(H,21,22)/t3-,4-,5+,6+,7-,8-,9-,10-,12+/m1/s1. The topological polar surface area (TPSA) is 214 Å². The fourth-order valence-corrected chi connectivity index (χ4v) is 2.08. The van der Waals surface area contributed by atoms with E-state index in [4.69, 9.17) is 19.7 Å². The van der Waals surface area contributed by atoms with Crippen molar-refractivity contribution in [2.45, 2.75) is 55.1 Å². The van der Waals surface area contributed by atoms with E-state index in [1.165, 1.54) is 0 Å². The quantitative estimate of drug-likeness (QED) is 0.191. The number of carbonyl (C=O) groups excluding carboxylic acids is 1. The number of rotatable bonds is 8. The van der Waals surface area contributed by atoms with Crippen LogP contribution < -0.4 is 0 Å². The summed E-state index contributed by atoms with van der Waals surface area (Å²) in [5.74, 6) is -1.85. The Bertz CT molecular complexity index is 430.